The summed E-state index contributed by atoms with van der Waals surface area (Å²) < 4.78 is 18.1. The van der Waals surface area contributed by atoms with E-state index in [-0.39, 0.29) is 11.7 Å². The number of halogens is 1. The highest BCUT2D eigenvalue weighted by atomic mass is 19.1. The van der Waals surface area contributed by atoms with Crippen LogP contribution in [-0.2, 0) is 4.79 Å². The molecule has 1 amide bonds. The van der Waals surface area contributed by atoms with Gasteiger partial charge in [-0.2, -0.15) is 0 Å². The Morgan fingerprint density at radius 1 is 1.00 bits per heavy atom. The van der Waals surface area contributed by atoms with Crippen molar-refractivity contribution in [2.24, 2.45) is 0 Å². The van der Waals surface area contributed by atoms with Gasteiger partial charge in [-0.05, 0) is 48.0 Å². The number of carbonyl (C=O) groups excluding carboxylic acids is 1. The van der Waals surface area contributed by atoms with Crippen LogP contribution >= 0.6 is 0 Å². The zero-order valence-corrected chi connectivity index (χ0v) is 14.2. The molecular weight excluding hydrogens is 319 g/mol. The first kappa shape index (κ1) is 17.0. The summed E-state index contributed by atoms with van der Waals surface area (Å²) in [5.41, 5.74) is 1.95. The minimum Gasteiger partial charge on any atom is -0.497 e. The van der Waals surface area contributed by atoms with Gasteiger partial charge in [0.1, 0.15) is 11.6 Å². The molecule has 3 rings (SSSR count). The second-order valence-electron chi connectivity index (χ2n) is 5.90. The van der Waals surface area contributed by atoms with Gasteiger partial charge in [-0.1, -0.05) is 12.1 Å². The number of hydrogen-bond donors (Lipinski definition) is 0. The topological polar surface area (TPSA) is 32.8 Å². The molecule has 5 heteroatoms. The van der Waals surface area contributed by atoms with E-state index in [0.717, 1.165) is 30.1 Å². The summed E-state index contributed by atoms with van der Waals surface area (Å²) in [5.74, 6) is 0.542. The first-order valence-electron chi connectivity index (χ1n) is 8.27. The molecule has 0 atom stereocenters. The molecule has 0 N–H and O–H groups in total. The number of piperazine rings is 1. The molecule has 2 aromatic carbocycles. The third-order valence-electron chi connectivity index (χ3n) is 4.32. The first-order valence-corrected chi connectivity index (χ1v) is 8.27. The Hall–Kier alpha value is -2.82. The highest BCUT2D eigenvalue weighted by Gasteiger charge is 2.19. The normalized spacial score (nSPS) is 14.8. The fourth-order valence-electron chi connectivity index (χ4n) is 2.82. The Labute approximate surface area is 147 Å². The lowest BCUT2D eigenvalue weighted by Crippen LogP contribution is -2.48. The van der Waals surface area contributed by atoms with Crippen molar-refractivity contribution in [2.45, 2.75) is 0 Å². The highest BCUT2D eigenvalue weighted by molar-refractivity contribution is 5.92. The average molecular weight is 340 g/mol. The number of benzene rings is 2. The Morgan fingerprint density at radius 2 is 1.64 bits per heavy atom. The number of methoxy groups -OCH3 is 1. The molecule has 1 fully saturated rings. The maximum Gasteiger partial charge on any atom is 0.246 e. The Balaban J connectivity index is 1.54. The average Bonchev–Trinajstić information content (AvgIpc) is 2.67. The lowest BCUT2D eigenvalue weighted by Gasteiger charge is -2.35. The number of nitrogens with zero attached hydrogens (tertiary/aromatic N) is 2. The van der Waals surface area contributed by atoms with Crippen LogP contribution in [0.15, 0.2) is 54.6 Å². The van der Waals surface area contributed by atoms with E-state index in [1.165, 1.54) is 12.1 Å². The van der Waals surface area contributed by atoms with Crippen molar-refractivity contribution in [2.75, 3.05) is 38.2 Å². The predicted molar refractivity (Wildman–Crippen MR) is 97.2 cm³/mol. The molecule has 0 bridgehead atoms. The molecule has 0 aliphatic carbocycles. The molecule has 0 saturated carbocycles. The minimum atomic E-state index is -0.280. The molecular formula is C20H21FN2O2. The van der Waals surface area contributed by atoms with Crippen LogP contribution in [0.25, 0.3) is 6.08 Å². The van der Waals surface area contributed by atoms with Crippen molar-refractivity contribution >= 4 is 17.7 Å². The minimum absolute atomic E-state index is 0.0151. The van der Waals surface area contributed by atoms with Gasteiger partial charge in [-0.25, -0.2) is 4.39 Å². The monoisotopic (exact) mass is 340 g/mol. The lowest BCUT2D eigenvalue weighted by atomic mass is 10.2. The molecule has 1 heterocycles. The van der Waals surface area contributed by atoms with Crippen LogP contribution in [0, 0.1) is 5.82 Å². The molecule has 1 saturated heterocycles. The van der Waals surface area contributed by atoms with E-state index in [2.05, 4.69) is 4.90 Å². The van der Waals surface area contributed by atoms with E-state index >= 15 is 0 Å². The number of carbonyl (C=O) groups is 1. The van der Waals surface area contributed by atoms with Gasteiger partial charge < -0.3 is 14.5 Å². The van der Waals surface area contributed by atoms with E-state index in [4.69, 9.17) is 4.74 Å². The molecule has 0 aromatic heterocycles. The third kappa shape index (κ3) is 4.38. The van der Waals surface area contributed by atoms with E-state index in [9.17, 15) is 9.18 Å². The largest absolute Gasteiger partial charge is 0.497 e. The van der Waals surface area contributed by atoms with Crippen molar-refractivity contribution in [1.82, 2.24) is 4.90 Å². The van der Waals surface area contributed by atoms with Gasteiger partial charge >= 0.3 is 0 Å². The van der Waals surface area contributed by atoms with Gasteiger partial charge in [0.25, 0.3) is 0 Å². The molecule has 4 nitrogen and oxygen atoms in total. The van der Waals surface area contributed by atoms with Crippen molar-refractivity contribution < 1.29 is 13.9 Å². The molecule has 2 aromatic rings. The van der Waals surface area contributed by atoms with Gasteiger partial charge in [0.2, 0.25) is 5.91 Å². The van der Waals surface area contributed by atoms with Crippen LogP contribution < -0.4 is 9.64 Å². The van der Waals surface area contributed by atoms with Crippen molar-refractivity contribution in [3.8, 4) is 5.75 Å². The van der Waals surface area contributed by atoms with E-state index < -0.39 is 0 Å². The molecule has 0 spiro atoms. The zero-order chi connectivity index (χ0) is 17.6. The summed E-state index contributed by atoms with van der Waals surface area (Å²) in [4.78, 5) is 16.4. The van der Waals surface area contributed by atoms with Crippen molar-refractivity contribution in [3.05, 3.63) is 66.0 Å². The first-order chi connectivity index (χ1) is 12.2. The van der Waals surface area contributed by atoms with Crippen LogP contribution in [0.4, 0.5) is 10.1 Å². The quantitative estimate of drug-likeness (QED) is 0.802. The van der Waals surface area contributed by atoms with Crippen LogP contribution in [0.3, 0.4) is 0 Å². The molecule has 0 radical (unpaired) electrons. The summed E-state index contributed by atoms with van der Waals surface area (Å²) in [6.07, 6.45) is 3.27. The van der Waals surface area contributed by atoms with Crippen LogP contribution in [-0.4, -0.2) is 44.1 Å². The third-order valence-corrected chi connectivity index (χ3v) is 4.32. The van der Waals surface area contributed by atoms with Crippen LogP contribution in [0.5, 0.6) is 5.75 Å². The molecule has 130 valence electrons. The fourth-order valence-corrected chi connectivity index (χ4v) is 2.82. The second-order valence-corrected chi connectivity index (χ2v) is 5.90. The molecule has 25 heavy (non-hydrogen) atoms. The highest BCUT2D eigenvalue weighted by Crippen LogP contribution is 2.20. The Morgan fingerprint density at radius 3 is 2.24 bits per heavy atom. The summed E-state index contributed by atoms with van der Waals surface area (Å²) in [6, 6.07) is 14.0. The predicted octanol–water partition coefficient (Wildman–Crippen LogP) is 3.20. The summed E-state index contributed by atoms with van der Waals surface area (Å²) in [7, 11) is 1.65. The van der Waals surface area contributed by atoms with E-state index in [1.54, 1.807) is 31.4 Å². The van der Waals surface area contributed by atoms with Crippen molar-refractivity contribution in [3.63, 3.8) is 0 Å². The maximum absolute atomic E-state index is 12.9. The smallest absolute Gasteiger partial charge is 0.246 e. The Kier molecular flexibility index (Phi) is 5.33. The van der Waals surface area contributed by atoms with Gasteiger partial charge in [0.15, 0.2) is 0 Å². The van der Waals surface area contributed by atoms with Crippen molar-refractivity contribution in [1.29, 1.82) is 0 Å². The number of amides is 1. The van der Waals surface area contributed by atoms with Crippen LogP contribution in [0.1, 0.15) is 5.56 Å². The molecule has 0 unspecified atom stereocenters. The van der Waals surface area contributed by atoms with Crippen LogP contribution in [0.2, 0.25) is 0 Å². The van der Waals surface area contributed by atoms with Gasteiger partial charge in [-0.3, -0.25) is 4.79 Å². The fraction of sp³-hybridized carbons (Fsp3) is 0.250. The molecule has 1 aliphatic heterocycles. The number of rotatable bonds is 4. The SMILES string of the molecule is COc1ccc(N2CCN(C(=O)C=Cc3ccc(F)cc3)CC2)cc1. The second kappa shape index (κ2) is 7.83. The Bertz CT molecular complexity index is 733. The molecule has 1 aliphatic rings. The van der Waals surface area contributed by atoms with Gasteiger partial charge in [0, 0.05) is 37.9 Å². The van der Waals surface area contributed by atoms with Gasteiger partial charge in [0.05, 0.1) is 7.11 Å². The maximum atomic E-state index is 12.9. The van der Waals surface area contributed by atoms with E-state index in [0.29, 0.717) is 13.1 Å². The lowest BCUT2D eigenvalue weighted by molar-refractivity contribution is -0.126. The number of ether oxygens (including phenoxy) is 1. The summed E-state index contributed by atoms with van der Waals surface area (Å²) in [6.45, 7) is 2.95. The van der Waals surface area contributed by atoms with E-state index in [1.807, 2.05) is 29.2 Å². The summed E-state index contributed by atoms with van der Waals surface area (Å²) in [5, 5.41) is 0. The van der Waals surface area contributed by atoms with Gasteiger partial charge in [-0.15, -0.1) is 0 Å². The number of anilines is 1. The zero-order valence-electron chi connectivity index (χ0n) is 14.2. The number of hydrogen-bond acceptors (Lipinski definition) is 3. The standard InChI is InChI=1S/C20H21FN2O2/c1-25-19-9-7-18(8-10-19)22-12-14-23(15-13-22)20(24)11-4-16-2-5-17(21)6-3-16/h2-11H,12-15H2,1H3. The summed E-state index contributed by atoms with van der Waals surface area (Å²) >= 11 is 0.